The number of nitrogens with one attached hydrogen (secondary N) is 2. The zero-order valence-electron chi connectivity index (χ0n) is 13.5. The van der Waals surface area contributed by atoms with Crippen molar-refractivity contribution in [2.24, 2.45) is 0 Å². The van der Waals surface area contributed by atoms with Crippen molar-refractivity contribution in [2.75, 3.05) is 18.0 Å². The van der Waals surface area contributed by atoms with E-state index in [9.17, 15) is 14.3 Å². The second-order valence-electron chi connectivity index (χ2n) is 6.08. The van der Waals surface area contributed by atoms with Crippen molar-refractivity contribution < 1.29 is 14.3 Å². The number of benzene rings is 1. The Kier molecular flexibility index (Phi) is 4.80. The Morgan fingerprint density at radius 2 is 2.21 bits per heavy atom. The predicted molar refractivity (Wildman–Crippen MR) is 88.3 cm³/mol. The highest BCUT2D eigenvalue weighted by Gasteiger charge is 2.22. The van der Waals surface area contributed by atoms with Gasteiger partial charge in [0.05, 0.1) is 24.7 Å². The number of halogens is 1. The van der Waals surface area contributed by atoms with Crippen molar-refractivity contribution in [2.45, 2.75) is 31.9 Å². The Balaban J connectivity index is 1.80. The number of carbonyl (C=O) groups is 1. The molecule has 2 aromatic rings. The van der Waals surface area contributed by atoms with Gasteiger partial charge in [-0.05, 0) is 38.0 Å². The first-order valence-electron chi connectivity index (χ1n) is 8.06. The van der Waals surface area contributed by atoms with Crippen molar-refractivity contribution in [3.8, 4) is 0 Å². The summed E-state index contributed by atoms with van der Waals surface area (Å²) in [6.07, 6.45) is 3.98. The molecule has 2 heterocycles. The molecule has 3 rings (SSSR count). The van der Waals surface area contributed by atoms with E-state index in [-0.39, 0.29) is 23.9 Å². The van der Waals surface area contributed by atoms with Gasteiger partial charge in [0, 0.05) is 24.3 Å². The average Bonchev–Trinajstić information content (AvgIpc) is 3.10. The van der Waals surface area contributed by atoms with Gasteiger partial charge >= 0.3 is 0 Å². The highest BCUT2D eigenvalue weighted by Crippen LogP contribution is 2.29. The van der Waals surface area contributed by atoms with Crippen molar-refractivity contribution in [3.63, 3.8) is 0 Å². The molecule has 1 saturated heterocycles. The largest absolute Gasteiger partial charge is 0.393 e. The van der Waals surface area contributed by atoms with Gasteiger partial charge in [-0.1, -0.05) is 0 Å². The third kappa shape index (κ3) is 3.56. The summed E-state index contributed by atoms with van der Waals surface area (Å²) in [7, 11) is 0. The highest BCUT2D eigenvalue weighted by molar-refractivity contribution is 5.92. The van der Waals surface area contributed by atoms with E-state index >= 15 is 0 Å². The molecule has 0 aliphatic carbocycles. The molecule has 6 nitrogen and oxygen atoms in total. The summed E-state index contributed by atoms with van der Waals surface area (Å²) >= 11 is 0. The van der Waals surface area contributed by atoms with Crippen LogP contribution in [-0.2, 0) is 0 Å². The zero-order valence-corrected chi connectivity index (χ0v) is 13.5. The third-order valence-corrected chi connectivity index (χ3v) is 4.35. The van der Waals surface area contributed by atoms with Gasteiger partial charge in [0.15, 0.2) is 0 Å². The molecule has 1 aromatic carbocycles. The zero-order chi connectivity index (χ0) is 17.1. The number of anilines is 1. The fraction of sp³-hybridized carbons (Fsp3) is 0.412. The van der Waals surface area contributed by atoms with Crippen LogP contribution in [0, 0.1) is 5.82 Å². The smallest absolute Gasteiger partial charge is 0.269 e. The Labute approximate surface area is 139 Å². The van der Waals surface area contributed by atoms with Crippen LogP contribution in [-0.4, -0.2) is 40.2 Å². The number of aliphatic hydroxyl groups is 1. The normalized spacial score (nSPS) is 16.9. The molecule has 0 spiro atoms. The fourth-order valence-corrected chi connectivity index (χ4v) is 3.00. The van der Waals surface area contributed by atoms with E-state index in [4.69, 9.17) is 0 Å². The number of rotatable bonds is 4. The number of hydrogen-bond acceptors (Lipinski definition) is 4. The number of nitrogens with zero attached hydrogens (tertiary/aromatic N) is 2. The van der Waals surface area contributed by atoms with Crippen molar-refractivity contribution >= 4 is 11.6 Å². The van der Waals surface area contributed by atoms with Gasteiger partial charge in [-0.25, -0.2) is 9.37 Å². The Morgan fingerprint density at radius 1 is 1.46 bits per heavy atom. The fourth-order valence-electron chi connectivity index (χ4n) is 3.00. The highest BCUT2D eigenvalue weighted by atomic mass is 19.1. The molecule has 1 fully saturated rings. The van der Waals surface area contributed by atoms with E-state index < -0.39 is 0 Å². The second kappa shape index (κ2) is 7.00. The van der Waals surface area contributed by atoms with Crippen LogP contribution < -0.4 is 10.2 Å². The molecular formula is C17H21FN4O2. The number of carbonyl (C=O) groups excluding carboxylic acids is 1. The molecule has 128 valence electrons. The van der Waals surface area contributed by atoms with Crippen LogP contribution >= 0.6 is 0 Å². The number of aromatic amines is 1. The van der Waals surface area contributed by atoms with Crippen LogP contribution in [0.1, 0.15) is 41.9 Å². The first kappa shape index (κ1) is 16.4. The first-order chi connectivity index (χ1) is 11.5. The van der Waals surface area contributed by atoms with Gasteiger partial charge in [-0.2, -0.15) is 0 Å². The molecule has 0 bridgehead atoms. The summed E-state index contributed by atoms with van der Waals surface area (Å²) in [5.74, 6) is -0.627. The van der Waals surface area contributed by atoms with E-state index in [1.165, 1.54) is 24.7 Å². The summed E-state index contributed by atoms with van der Waals surface area (Å²) in [5.41, 5.74) is 1.97. The molecule has 1 amide bonds. The van der Waals surface area contributed by atoms with Crippen molar-refractivity contribution in [1.82, 2.24) is 15.3 Å². The van der Waals surface area contributed by atoms with Crippen LogP contribution in [0.2, 0.25) is 0 Å². The Morgan fingerprint density at radius 3 is 2.88 bits per heavy atom. The predicted octanol–water partition coefficient (Wildman–Crippen LogP) is 2.00. The molecule has 0 unspecified atom stereocenters. The van der Waals surface area contributed by atoms with Crippen molar-refractivity contribution in [3.05, 3.63) is 47.8 Å². The number of H-pyrrole nitrogens is 1. The van der Waals surface area contributed by atoms with Gasteiger partial charge in [-0.15, -0.1) is 0 Å². The van der Waals surface area contributed by atoms with Crippen LogP contribution in [0.5, 0.6) is 0 Å². The summed E-state index contributed by atoms with van der Waals surface area (Å²) in [6, 6.07) is 4.26. The van der Waals surface area contributed by atoms with E-state index in [0.717, 1.165) is 11.3 Å². The minimum absolute atomic E-state index is 0.275. The lowest BCUT2D eigenvalue weighted by Gasteiger charge is -2.34. The molecule has 1 aliphatic heterocycles. The summed E-state index contributed by atoms with van der Waals surface area (Å²) < 4.78 is 13.8. The average molecular weight is 332 g/mol. The molecule has 7 heteroatoms. The van der Waals surface area contributed by atoms with Crippen LogP contribution in [0.15, 0.2) is 30.7 Å². The van der Waals surface area contributed by atoms with Crippen LogP contribution in [0.25, 0.3) is 0 Å². The molecule has 1 atom stereocenters. The SMILES string of the molecule is C[C@H](NC(=O)c1cnc[nH]1)c1cc(F)ccc1N1CCC(O)CC1. The van der Waals surface area contributed by atoms with E-state index in [1.54, 1.807) is 6.07 Å². The minimum atomic E-state index is -0.363. The maximum atomic E-state index is 13.8. The first-order valence-corrected chi connectivity index (χ1v) is 8.06. The summed E-state index contributed by atoms with van der Waals surface area (Å²) in [5, 5.41) is 12.5. The van der Waals surface area contributed by atoms with Crippen LogP contribution in [0.3, 0.4) is 0 Å². The topological polar surface area (TPSA) is 81.2 Å². The number of aromatic nitrogens is 2. The quantitative estimate of drug-likeness (QED) is 0.800. The van der Waals surface area contributed by atoms with Gasteiger partial charge in [0.25, 0.3) is 5.91 Å². The van der Waals surface area contributed by atoms with E-state index in [0.29, 0.717) is 31.6 Å². The maximum absolute atomic E-state index is 13.8. The number of imidazole rings is 1. The standard InChI is InChI=1S/C17H21FN4O2/c1-11(21-17(24)15-9-19-10-20-15)14-8-12(18)2-3-16(14)22-6-4-13(23)5-7-22/h2-3,8-11,13,23H,4-7H2,1H3,(H,19,20)(H,21,24)/t11-/m0/s1. The molecule has 1 aromatic heterocycles. The number of hydrogen-bond donors (Lipinski definition) is 3. The molecule has 24 heavy (non-hydrogen) atoms. The van der Waals surface area contributed by atoms with Crippen LogP contribution in [0.4, 0.5) is 10.1 Å². The Hall–Kier alpha value is -2.41. The number of amides is 1. The summed E-state index contributed by atoms with van der Waals surface area (Å²) in [4.78, 5) is 20.9. The van der Waals surface area contributed by atoms with Gasteiger partial charge in [0.1, 0.15) is 11.5 Å². The number of piperidine rings is 1. The second-order valence-corrected chi connectivity index (χ2v) is 6.08. The lowest BCUT2D eigenvalue weighted by Crippen LogP contribution is -2.37. The lowest BCUT2D eigenvalue weighted by atomic mass is 10.0. The number of aliphatic hydroxyl groups excluding tert-OH is 1. The molecule has 0 saturated carbocycles. The summed E-state index contributed by atoms with van der Waals surface area (Å²) in [6.45, 7) is 3.24. The van der Waals surface area contributed by atoms with E-state index in [1.807, 2.05) is 6.92 Å². The monoisotopic (exact) mass is 332 g/mol. The van der Waals surface area contributed by atoms with E-state index in [2.05, 4.69) is 20.2 Å². The molecular weight excluding hydrogens is 311 g/mol. The van der Waals surface area contributed by atoms with Gasteiger partial charge in [0.2, 0.25) is 0 Å². The van der Waals surface area contributed by atoms with Gasteiger partial charge in [-0.3, -0.25) is 4.79 Å². The lowest BCUT2D eigenvalue weighted by molar-refractivity contribution is 0.0935. The van der Waals surface area contributed by atoms with Gasteiger partial charge < -0.3 is 20.3 Å². The minimum Gasteiger partial charge on any atom is -0.393 e. The molecule has 1 aliphatic rings. The Bertz CT molecular complexity index is 697. The van der Waals surface area contributed by atoms with Crippen molar-refractivity contribution in [1.29, 1.82) is 0 Å². The molecule has 3 N–H and O–H groups in total. The maximum Gasteiger partial charge on any atom is 0.269 e. The third-order valence-electron chi connectivity index (χ3n) is 4.35. The molecule has 0 radical (unpaired) electrons.